The summed E-state index contributed by atoms with van der Waals surface area (Å²) in [6, 6.07) is 8.15. The van der Waals surface area contributed by atoms with Crippen molar-refractivity contribution in [3.8, 4) is 12.3 Å². The SMILES string of the molecule is C#CC1CC(=O)N(c2cccc(C(C)C)c2)C1. The molecule has 1 aromatic rings. The van der Waals surface area contributed by atoms with Crippen molar-refractivity contribution in [1.29, 1.82) is 0 Å². The van der Waals surface area contributed by atoms with Gasteiger partial charge in [-0.05, 0) is 23.6 Å². The van der Waals surface area contributed by atoms with Crippen LogP contribution in [0.3, 0.4) is 0 Å². The zero-order valence-electron chi connectivity index (χ0n) is 10.3. The van der Waals surface area contributed by atoms with E-state index in [1.807, 2.05) is 12.1 Å². The quantitative estimate of drug-likeness (QED) is 0.711. The molecule has 2 heteroatoms. The molecule has 0 saturated carbocycles. The van der Waals surface area contributed by atoms with Gasteiger partial charge in [0, 0.05) is 24.6 Å². The number of carbonyl (C=O) groups excluding carboxylic acids is 1. The van der Waals surface area contributed by atoms with Gasteiger partial charge in [-0.3, -0.25) is 4.79 Å². The van der Waals surface area contributed by atoms with Gasteiger partial charge in [-0.2, -0.15) is 0 Å². The van der Waals surface area contributed by atoms with Crippen LogP contribution in [-0.2, 0) is 4.79 Å². The fraction of sp³-hybridized carbons (Fsp3) is 0.400. The van der Waals surface area contributed by atoms with Crippen LogP contribution >= 0.6 is 0 Å². The van der Waals surface area contributed by atoms with Gasteiger partial charge in [0.2, 0.25) is 5.91 Å². The summed E-state index contributed by atoms with van der Waals surface area (Å²) in [5, 5.41) is 0. The van der Waals surface area contributed by atoms with Crippen molar-refractivity contribution in [2.45, 2.75) is 26.2 Å². The number of hydrogen-bond acceptors (Lipinski definition) is 1. The molecule has 1 aliphatic rings. The smallest absolute Gasteiger partial charge is 0.228 e. The zero-order chi connectivity index (χ0) is 12.4. The lowest BCUT2D eigenvalue weighted by Gasteiger charge is -2.17. The number of amides is 1. The minimum absolute atomic E-state index is 0.0604. The molecule has 2 rings (SSSR count). The van der Waals surface area contributed by atoms with Crippen LogP contribution < -0.4 is 4.90 Å². The zero-order valence-corrected chi connectivity index (χ0v) is 10.3. The Morgan fingerprint density at radius 2 is 2.24 bits per heavy atom. The topological polar surface area (TPSA) is 20.3 Å². The van der Waals surface area contributed by atoms with Gasteiger partial charge in [0.25, 0.3) is 0 Å². The van der Waals surface area contributed by atoms with Crippen molar-refractivity contribution in [2.24, 2.45) is 5.92 Å². The molecule has 1 amide bonds. The minimum Gasteiger partial charge on any atom is -0.311 e. The second-order valence-corrected chi connectivity index (χ2v) is 4.82. The summed E-state index contributed by atoms with van der Waals surface area (Å²) in [7, 11) is 0. The van der Waals surface area contributed by atoms with E-state index in [2.05, 4.69) is 31.9 Å². The lowest BCUT2D eigenvalue weighted by molar-refractivity contribution is -0.117. The van der Waals surface area contributed by atoms with E-state index in [0.717, 1.165) is 5.69 Å². The van der Waals surface area contributed by atoms with E-state index in [4.69, 9.17) is 6.42 Å². The molecule has 0 aromatic heterocycles. The lowest BCUT2D eigenvalue weighted by Crippen LogP contribution is -2.24. The van der Waals surface area contributed by atoms with Crippen LogP contribution in [0.4, 0.5) is 5.69 Å². The van der Waals surface area contributed by atoms with E-state index in [-0.39, 0.29) is 11.8 Å². The Morgan fingerprint density at radius 1 is 1.47 bits per heavy atom. The Morgan fingerprint density at radius 3 is 2.82 bits per heavy atom. The summed E-state index contributed by atoms with van der Waals surface area (Å²) in [4.78, 5) is 13.7. The number of anilines is 1. The highest BCUT2D eigenvalue weighted by molar-refractivity contribution is 5.96. The summed E-state index contributed by atoms with van der Waals surface area (Å²) in [6.45, 7) is 4.95. The highest BCUT2D eigenvalue weighted by Gasteiger charge is 2.29. The van der Waals surface area contributed by atoms with Crippen molar-refractivity contribution in [2.75, 3.05) is 11.4 Å². The van der Waals surface area contributed by atoms with Gasteiger partial charge >= 0.3 is 0 Å². The molecule has 0 radical (unpaired) electrons. The Bertz CT molecular complexity index is 470. The van der Waals surface area contributed by atoms with Crippen molar-refractivity contribution in [3.05, 3.63) is 29.8 Å². The van der Waals surface area contributed by atoms with E-state index in [9.17, 15) is 4.79 Å². The third kappa shape index (κ3) is 2.34. The third-order valence-electron chi connectivity index (χ3n) is 3.21. The van der Waals surface area contributed by atoms with Crippen LogP contribution in [0.2, 0.25) is 0 Å². The molecule has 0 N–H and O–H groups in total. The number of hydrogen-bond donors (Lipinski definition) is 0. The van der Waals surface area contributed by atoms with Crippen molar-refractivity contribution in [1.82, 2.24) is 0 Å². The van der Waals surface area contributed by atoms with Gasteiger partial charge < -0.3 is 4.90 Å². The maximum atomic E-state index is 11.9. The monoisotopic (exact) mass is 227 g/mol. The molecule has 0 spiro atoms. The summed E-state index contributed by atoms with van der Waals surface area (Å²) < 4.78 is 0. The van der Waals surface area contributed by atoms with Crippen molar-refractivity contribution >= 4 is 11.6 Å². The van der Waals surface area contributed by atoms with Crippen LogP contribution in [0.1, 0.15) is 31.7 Å². The highest BCUT2D eigenvalue weighted by Crippen LogP contribution is 2.27. The van der Waals surface area contributed by atoms with E-state index < -0.39 is 0 Å². The molecule has 1 fully saturated rings. The molecule has 1 aromatic carbocycles. The van der Waals surface area contributed by atoms with Crippen LogP contribution in [0.15, 0.2) is 24.3 Å². The molecule has 1 aliphatic heterocycles. The van der Waals surface area contributed by atoms with Gasteiger partial charge in [0.15, 0.2) is 0 Å². The minimum atomic E-state index is 0.0604. The maximum absolute atomic E-state index is 11.9. The van der Waals surface area contributed by atoms with Crippen LogP contribution in [0.5, 0.6) is 0 Å². The molecule has 1 unspecified atom stereocenters. The van der Waals surface area contributed by atoms with E-state index >= 15 is 0 Å². The first kappa shape index (κ1) is 11.7. The molecule has 88 valence electrons. The van der Waals surface area contributed by atoms with E-state index in [1.165, 1.54) is 5.56 Å². The van der Waals surface area contributed by atoms with E-state index in [0.29, 0.717) is 18.9 Å². The van der Waals surface area contributed by atoms with Gasteiger partial charge in [-0.15, -0.1) is 12.3 Å². The predicted molar refractivity (Wildman–Crippen MR) is 69.8 cm³/mol. The first-order valence-electron chi connectivity index (χ1n) is 5.98. The highest BCUT2D eigenvalue weighted by atomic mass is 16.2. The van der Waals surface area contributed by atoms with E-state index in [1.54, 1.807) is 4.90 Å². The molecule has 1 heterocycles. The molecule has 2 nitrogen and oxygen atoms in total. The van der Waals surface area contributed by atoms with Crippen molar-refractivity contribution in [3.63, 3.8) is 0 Å². The average Bonchev–Trinajstić information content (AvgIpc) is 2.71. The van der Waals surface area contributed by atoms with Crippen LogP contribution in [0, 0.1) is 18.3 Å². The molecule has 1 saturated heterocycles. The third-order valence-corrected chi connectivity index (χ3v) is 3.21. The fourth-order valence-electron chi connectivity index (χ4n) is 2.12. The van der Waals surface area contributed by atoms with Crippen LogP contribution in [0.25, 0.3) is 0 Å². The first-order valence-corrected chi connectivity index (χ1v) is 5.98. The molecule has 17 heavy (non-hydrogen) atoms. The normalized spacial score (nSPS) is 19.8. The van der Waals surface area contributed by atoms with Gasteiger partial charge in [-0.1, -0.05) is 26.0 Å². The summed E-state index contributed by atoms with van der Waals surface area (Å²) in [5.74, 6) is 3.33. The Labute approximate surface area is 103 Å². The maximum Gasteiger partial charge on any atom is 0.228 e. The number of nitrogens with zero attached hydrogens (tertiary/aromatic N) is 1. The second kappa shape index (κ2) is 4.63. The van der Waals surface area contributed by atoms with Gasteiger partial charge in [0.1, 0.15) is 0 Å². The van der Waals surface area contributed by atoms with Crippen molar-refractivity contribution < 1.29 is 4.79 Å². The standard InChI is InChI=1S/C15H17NO/c1-4-12-8-15(17)16(10-12)14-7-5-6-13(9-14)11(2)3/h1,5-7,9,11-12H,8,10H2,2-3H3. The Hall–Kier alpha value is -1.75. The molecular weight excluding hydrogens is 210 g/mol. The Kier molecular flexibility index (Phi) is 3.19. The molecular formula is C15H17NO. The largest absolute Gasteiger partial charge is 0.311 e. The summed E-state index contributed by atoms with van der Waals surface area (Å²) in [5.41, 5.74) is 2.22. The lowest BCUT2D eigenvalue weighted by atomic mass is 10.0. The molecule has 0 bridgehead atoms. The number of terminal acetylenes is 1. The predicted octanol–water partition coefficient (Wildman–Crippen LogP) is 2.80. The number of benzene rings is 1. The second-order valence-electron chi connectivity index (χ2n) is 4.82. The molecule has 0 aliphatic carbocycles. The Balaban J connectivity index is 2.26. The number of carbonyl (C=O) groups is 1. The van der Waals surface area contributed by atoms with Crippen LogP contribution in [-0.4, -0.2) is 12.5 Å². The first-order chi connectivity index (χ1) is 8.11. The summed E-state index contributed by atoms with van der Waals surface area (Å²) in [6.07, 6.45) is 5.86. The number of rotatable bonds is 2. The molecule has 1 atom stereocenters. The van der Waals surface area contributed by atoms with Gasteiger partial charge in [-0.25, -0.2) is 0 Å². The summed E-state index contributed by atoms with van der Waals surface area (Å²) >= 11 is 0. The van der Waals surface area contributed by atoms with Gasteiger partial charge in [0.05, 0.1) is 0 Å². The fourth-order valence-corrected chi connectivity index (χ4v) is 2.12. The average molecular weight is 227 g/mol.